The minimum atomic E-state index is -0.399. The second kappa shape index (κ2) is 8.98. The van der Waals surface area contributed by atoms with Crippen molar-refractivity contribution in [3.8, 4) is 0 Å². The maximum atomic E-state index is 13.6. The molecule has 0 spiro atoms. The van der Waals surface area contributed by atoms with Crippen LogP contribution in [0.1, 0.15) is 63.3 Å². The average molecular weight is 496 g/mol. The van der Waals surface area contributed by atoms with E-state index in [1.807, 2.05) is 0 Å². The fourth-order valence-electron chi connectivity index (χ4n) is 6.55. The van der Waals surface area contributed by atoms with Crippen molar-refractivity contribution in [2.24, 2.45) is 0 Å². The predicted molar refractivity (Wildman–Crippen MR) is 139 cm³/mol. The van der Waals surface area contributed by atoms with Crippen LogP contribution in [0.4, 0.5) is 4.79 Å². The number of carbonyl (C=O) groups excluding carboxylic acids is 1. The van der Waals surface area contributed by atoms with Crippen molar-refractivity contribution in [2.45, 2.75) is 82.8 Å². The fourth-order valence-corrected chi connectivity index (χ4v) is 6.55. The smallest absolute Gasteiger partial charge is 0.399 e. The maximum absolute atomic E-state index is 13.6. The molecule has 3 atom stereocenters. The number of benzene rings is 1. The van der Waals surface area contributed by atoms with Crippen molar-refractivity contribution in [2.75, 3.05) is 46.4 Å². The summed E-state index contributed by atoms with van der Waals surface area (Å²) in [5.74, 6) is 0. The van der Waals surface area contributed by atoms with Gasteiger partial charge in [-0.25, -0.2) is 4.79 Å². The molecule has 4 saturated heterocycles. The van der Waals surface area contributed by atoms with Crippen LogP contribution >= 0.6 is 0 Å². The first-order valence-corrected chi connectivity index (χ1v) is 13.7. The van der Waals surface area contributed by atoms with E-state index >= 15 is 0 Å². The largest absolute Gasteiger partial charge is 0.494 e. The zero-order chi connectivity index (χ0) is 25.2. The minimum Gasteiger partial charge on any atom is -0.399 e. The van der Waals surface area contributed by atoms with E-state index in [1.165, 1.54) is 29.5 Å². The summed E-state index contributed by atoms with van der Waals surface area (Å²) in [5, 5.41) is 3.64. The summed E-state index contributed by atoms with van der Waals surface area (Å²) >= 11 is 0. The van der Waals surface area contributed by atoms with Gasteiger partial charge in [0.25, 0.3) is 0 Å². The number of hydrogen-bond donors (Lipinski definition) is 1. The second-order valence-corrected chi connectivity index (χ2v) is 12.3. The number of piperazine rings is 1. The molecule has 0 aromatic heterocycles. The third-order valence-electron chi connectivity index (χ3n) is 9.61. The van der Waals surface area contributed by atoms with E-state index in [4.69, 9.17) is 14.0 Å². The molecule has 1 aromatic carbocycles. The molecule has 1 aromatic rings. The first kappa shape index (κ1) is 24.7. The molecule has 2 unspecified atom stereocenters. The zero-order valence-corrected chi connectivity index (χ0v) is 22.5. The van der Waals surface area contributed by atoms with Crippen LogP contribution in [0, 0.1) is 0 Å². The Bertz CT molecular complexity index is 997. The Morgan fingerprint density at radius 3 is 2.39 bits per heavy atom. The molecule has 9 heteroatoms. The Morgan fingerprint density at radius 2 is 1.75 bits per heavy atom. The number of ether oxygens (including phenoxy) is 1. The zero-order valence-electron chi connectivity index (χ0n) is 22.5. The monoisotopic (exact) mass is 496 g/mol. The number of likely N-dealkylation sites (tertiary alicyclic amines) is 1. The van der Waals surface area contributed by atoms with Crippen molar-refractivity contribution in [3.63, 3.8) is 0 Å². The van der Waals surface area contributed by atoms with Gasteiger partial charge in [0.05, 0.1) is 30.5 Å². The molecule has 5 aliphatic heterocycles. The Balaban J connectivity index is 1.28. The van der Waals surface area contributed by atoms with Crippen LogP contribution < -0.4 is 10.8 Å². The summed E-state index contributed by atoms with van der Waals surface area (Å²) in [6.45, 7) is 13.7. The summed E-state index contributed by atoms with van der Waals surface area (Å²) in [7, 11) is 1.81. The van der Waals surface area contributed by atoms with Crippen molar-refractivity contribution < 1.29 is 18.8 Å². The summed E-state index contributed by atoms with van der Waals surface area (Å²) < 4.78 is 18.7. The number of amides is 2. The number of urea groups is 1. The van der Waals surface area contributed by atoms with Crippen molar-refractivity contribution in [3.05, 3.63) is 28.8 Å². The molecule has 1 N–H and O–H groups in total. The van der Waals surface area contributed by atoms with Gasteiger partial charge in [0.15, 0.2) is 0 Å². The van der Waals surface area contributed by atoms with Crippen molar-refractivity contribution in [1.29, 1.82) is 0 Å². The first-order chi connectivity index (χ1) is 17.1. The van der Waals surface area contributed by atoms with Gasteiger partial charge in [-0.2, -0.15) is 0 Å². The van der Waals surface area contributed by atoms with E-state index in [-0.39, 0.29) is 23.3 Å². The quantitative estimate of drug-likeness (QED) is 0.632. The van der Waals surface area contributed by atoms with E-state index in [0.717, 1.165) is 44.7 Å². The maximum Gasteiger partial charge on any atom is 0.494 e. The molecular formula is C27H41BN4O4. The number of likely N-dealkylation sites (N-methyl/N-ethyl adjacent to an activating group) is 1. The lowest BCUT2D eigenvalue weighted by Crippen LogP contribution is -2.57. The molecule has 0 radical (unpaired) electrons. The van der Waals surface area contributed by atoms with E-state index in [1.54, 1.807) is 0 Å². The summed E-state index contributed by atoms with van der Waals surface area (Å²) in [6.07, 6.45) is 3.25. The van der Waals surface area contributed by atoms with Gasteiger partial charge in [0.2, 0.25) is 0 Å². The second-order valence-electron chi connectivity index (χ2n) is 12.3. The van der Waals surface area contributed by atoms with Crippen LogP contribution in [0.25, 0.3) is 0 Å². The van der Waals surface area contributed by atoms with Gasteiger partial charge in [0, 0.05) is 44.8 Å². The number of rotatable bonds is 2. The third kappa shape index (κ3) is 4.17. The van der Waals surface area contributed by atoms with Gasteiger partial charge < -0.3 is 29.2 Å². The molecule has 2 bridgehead atoms. The van der Waals surface area contributed by atoms with Crippen LogP contribution in [-0.2, 0) is 27.0 Å². The van der Waals surface area contributed by atoms with E-state index < -0.39 is 7.12 Å². The Labute approximate surface area is 215 Å². The van der Waals surface area contributed by atoms with E-state index in [9.17, 15) is 4.79 Å². The molecule has 5 aliphatic rings. The number of hydrogen-bond acceptors (Lipinski definition) is 6. The normalized spacial score (nSPS) is 31.6. The highest BCUT2D eigenvalue weighted by Crippen LogP contribution is 2.37. The Morgan fingerprint density at radius 1 is 1.06 bits per heavy atom. The highest BCUT2D eigenvalue weighted by molar-refractivity contribution is 6.62. The molecular weight excluding hydrogens is 455 g/mol. The number of morpholine rings is 1. The molecule has 196 valence electrons. The third-order valence-corrected chi connectivity index (χ3v) is 9.61. The molecule has 4 fully saturated rings. The fraction of sp³-hybridized carbons (Fsp3) is 0.741. The number of fused-ring (bicyclic) bond motifs is 3. The van der Waals surface area contributed by atoms with Crippen LogP contribution in [-0.4, -0.2) is 97.6 Å². The number of nitrogens with one attached hydrogen (secondary N) is 1. The van der Waals surface area contributed by atoms with Gasteiger partial charge in [-0.05, 0) is 76.2 Å². The lowest BCUT2D eigenvalue weighted by Gasteiger charge is -2.42. The summed E-state index contributed by atoms with van der Waals surface area (Å²) in [6, 6.07) is 5.79. The van der Waals surface area contributed by atoms with Crippen molar-refractivity contribution >= 4 is 18.6 Å². The van der Waals surface area contributed by atoms with Crippen molar-refractivity contribution in [1.82, 2.24) is 20.0 Å². The van der Waals surface area contributed by atoms with E-state index in [2.05, 4.69) is 66.9 Å². The van der Waals surface area contributed by atoms with Gasteiger partial charge in [-0.1, -0.05) is 12.1 Å². The molecule has 0 saturated carbocycles. The average Bonchev–Trinajstić information content (AvgIpc) is 3.19. The van der Waals surface area contributed by atoms with Crippen LogP contribution in [0.3, 0.4) is 0 Å². The lowest BCUT2D eigenvalue weighted by molar-refractivity contribution is 0.00578. The van der Waals surface area contributed by atoms with E-state index in [0.29, 0.717) is 25.2 Å². The van der Waals surface area contributed by atoms with Gasteiger partial charge in [-0.3, -0.25) is 4.90 Å². The molecule has 2 amide bonds. The van der Waals surface area contributed by atoms with Gasteiger partial charge >= 0.3 is 13.1 Å². The summed E-state index contributed by atoms with van der Waals surface area (Å²) in [4.78, 5) is 20.3. The highest BCUT2D eigenvalue weighted by Gasteiger charge is 2.52. The molecule has 0 aliphatic carbocycles. The Kier molecular flexibility index (Phi) is 6.16. The lowest BCUT2D eigenvalue weighted by atomic mass is 9.74. The van der Waals surface area contributed by atoms with Crippen LogP contribution in [0.2, 0.25) is 0 Å². The van der Waals surface area contributed by atoms with Crippen LogP contribution in [0.5, 0.6) is 0 Å². The molecule has 36 heavy (non-hydrogen) atoms. The SMILES string of the molecule is CN1C2CCC1CN(C(=O)N1CCc3cc(B4OC(C)(C)C(C)(C)O4)cc([C@@H]4COCCN4)c3C1)C2. The number of carbonyl (C=O) groups is 1. The highest BCUT2D eigenvalue weighted by atomic mass is 16.7. The predicted octanol–water partition coefficient (Wildman–Crippen LogP) is 1.90. The molecule has 8 nitrogen and oxygen atoms in total. The number of nitrogens with zero attached hydrogens (tertiary/aromatic N) is 3. The molecule has 6 rings (SSSR count). The summed E-state index contributed by atoms with van der Waals surface area (Å²) in [5.41, 5.74) is 4.07. The van der Waals surface area contributed by atoms with Crippen LogP contribution in [0.15, 0.2) is 12.1 Å². The minimum absolute atomic E-state index is 0.101. The molecule has 5 heterocycles. The standard InChI is InChI=1S/C27H41BN4O4/c1-26(2)27(3,4)36-28(35-26)19-12-18-8-10-31(16-23(18)22(13-19)24-17-34-11-9-29-24)25(33)32-14-20-6-7-21(15-32)30(20)5/h12-13,20-21,24,29H,6-11,14-17H2,1-5H3/t20?,21?,24-/m0/s1. The first-order valence-electron chi connectivity index (χ1n) is 13.7. The van der Waals surface area contributed by atoms with Gasteiger partial charge in [0.1, 0.15) is 0 Å². The Hall–Kier alpha value is -1.65. The topological polar surface area (TPSA) is 66.5 Å². The van der Waals surface area contributed by atoms with Gasteiger partial charge in [-0.15, -0.1) is 0 Å².